The van der Waals surface area contributed by atoms with Crippen LogP contribution >= 0.6 is 0 Å². The minimum atomic E-state index is -4.39. The maximum absolute atomic E-state index is 12.4. The Kier molecular flexibility index (Phi) is 3.02. The molecule has 15 heavy (non-hydrogen) atoms. The molecule has 5 heteroatoms. The molecular weight excluding hydrogens is 207 g/mol. The van der Waals surface area contributed by atoms with E-state index in [0.717, 1.165) is 6.07 Å². The molecule has 1 aromatic rings. The molecule has 1 rings (SSSR count). The number of benzene rings is 1. The normalized spacial score (nSPS) is 11.5. The number of alkyl halides is 3. The second-order valence-electron chi connectivity index (χ2n) is 3.29. The average Bonchev–Trinajstić information content (AvgIpc) is 2.05. The molecule has 1 amide bonds. The van der Waals surface area contributed by atoms with E-state index in [9.17, 15) is 18.0 Å². The number of carbonyl (C=O) groups excluding carboxylic acids is 1. The van der Waals surface area contributed by atoms with Crippen LogP contribution in [0.1, 0.15) is 16.7 Å². The van der Waals surface area contributed by atoms with E-state index in [1.807, 2.05) is 0 Å². The van der Waals surface area contributed by atoms with E-state index >= 15 is 0 Å². The first-order valence-electron chi connectivity index (χ1n) is 4.25. The number of rotatable bonds is 2. The Morgan fingerprint density at radius 2 is 2.00 bits per heavy atom. The standard InChI is InChI=1S/C10H10F3NO/c1-6-2-3-7(5-9(14)15)4-8(6)10(11,12)13/h2-4H,5H2,1H3,(H2,14,15). The zero-order valence-electron chi connectivity index (χ0n) is 8.06. The second kappa shape index (κ2) is 3.92. The molecule has 0 unspecified atom stereocenters. The number of nitrogens with two attached hydrogens (primary N) is 1. The second-order valence-corrected chi connectivity index (χ2v) is 3.29. The first kappa shape index (κ1) is 11.6. The number of hydrogen-bond donors (Lipinski definition) is 1. The van der Waals surface area contributed by atoms with Gasteiger partial charge >= 0.3 is 6.18 Å². The molecule has 0 aliphatic rings. The van der Waals surface area contributed by atoms with Crippen LogP contribution in [0.2, 0.25) is 0 Å². The van der Waals surface area contributed by atoms with Crippen LogP contribution in [0.5, 0.6) is 0 Å². The molecule has 1 aromatic carbocycles. The quantitative estimate of drug-likeness (QED) is 0.809. The zero-order chi connectivity index (χ0) is 11.6. The third-order valence-corrected chi connectivity index (χ3v) is 1.99. The van der Waals surface area contributed by atoms with Gasteiger partial charge in [-0.15, -0.1) is 0 Å². The first-order valence-corrected chi connectivity index (χ1v) is 4.25. The van der Waals surface area contributed by atoms with E-state index in [0.29, 0.717) is 0 Å². The molecule has 0 fully saturated rings. The van der Waals surface area contributed by atoms with Gasteiger partial charge in [0.15, 0.2) is 0 Å². The molecule has 2 N–H and O–H groups in total. The lowest BCUT2D eigenvalue weighted by Gasteiger charge is -2.11. The molecule has 0 spiro atoms. The summed E-state index contributed by atoms with van der Waals surface area (Å²) in [4.78, 5) is 10.6. The predicted molar refractivity (Wildman–Crippen MR) is 49.1 cm³/mol. The van der Waals surface area contributed by atoms with Gasteiger partial charge in [-0.05, 0) is 24.1 Å². The van der Waals surface area contributed by atoms with Gasteiger partial charge < -0.3 is 5.73 Å². The molecule has 0 aliphatic carbocycles. The van der Waals surface area contributed by atoms with Gasteiger partial charge in [0.2, 0.25) is 5.91 Å². The van der Waals surface area contributed by atoms with Gasteiger partial charge in [-0.2, -0.15) is 13.2 Å². The minimum absolute atomic E-state index is 0.135. The van der Waals surface area contributed by atoms with Crippen molar-refractivity contribution in [3.8, 4) is 0 Å². The van der Waals surface area contributed by atoms with E-state index < -0.39 is 17.6 Å². The van der Waals surface area contributed by atoms with Crippen molar-refractivity contribution < 1.29 is 18.0 Å². The van der Waals surface area contributed by atoms with Crippen molar-refractivity contribution in [2.75, 3.05) is 0 Å². The fraction of sp³-hybridized carbons (Fsp3) is 0.300. The van der Waals surface area contributed by atoms with Crippen molar-refractivity contribution in [3.05, 3.63) is 34.9 Å². The molecular formula is C10H10F3NO. The third-order valence-electron chi connectivity index (χ3n) is 1.99. The number of halogens is 3. The van der Waals surface area contributed by atoms with Gasteiger partial charge in [-0.25, -0.2) is 0 Å². The smallest absolute Gasteiger partial charge is 0.369 e. The van der Waals surface area contributed by atoms with Gasteiger partial charge in [0.25, 0.3) is 0 Å². The highest BCUT2D eigenvalue weighted by Crippen LogP contribution is 2.32. The summed E-state index contributed by atoms with van der Waals surface area (Å²) in [5.41, 5.74) is 4.59. The molecule has 0 heterocycles. The Morgan fingerprint density at radius 1 is 1.40 bits per heavy atom. The van der Waals surface area contributed by atoms with E-state index in [1.54, 1.807) is 0 Å². The molecule has 0 saturated heterocycles. The maximum atomic E-state index is 12.4. The third kappa shape index (κ3) is 2.97. The van der Waals surface area contributed by atoms with Gasteiger partial charge in [0.05, 0.1) is 12.0 Å². The SMILES string of the molecule is Cc1ccc(CC(N)=O)cc1C(F)(F)F. The summed E-state index contributed by atoms with van der Waals surface area (Å²) < 4.78 is 37.3. The minimum Gasteiger partial charge on any atom is -0.369 e. The molecule has 0 aromatic heterocycles. The lowest BCUT2D eigenvalue weighted by atomic mass is 10.0. The predicted octanol–water partition coefficient (Wildman–Crippen LogP) is 2.04. The Labute approximate surface area is 84.9 Å². The maximum Gasteiger partial charge on any atom is 0.416 e. The molecule has 0 bridgehead atoms. The summed E-state index contributed by atoms with van der Waals surface area (Å²) in [6.45, 7) is 1.37. The summed E-state index contributed by atoms with van der Waals surface area (Å²) in [6.07, 6.45) is -4.57. The fourth-order valence-corrected chi connectivity index (χ4v) is 1.29. The lowest BCUT2D eigenvalue weighted by molar-refractivity contribution is -0.138. The van der Waals surface area contributed by atoms with E-state index in [4.69, 9.17) is 5.73 Å². The number of aryl methyl sites for hydroxylation is 1. The summed E-state index contributed by atoms with van der Waals surface area (Å²) in [6, 6.07) is 3.76. The van der Waals surface area contributed by atoms with Crippen LogP contribution in [-0.4, -0.2) is 5.91 Å². The molecule has 2 nitrogen and oxygen atoms in total. The summed E-state index contributed by atoms with van der Waals surface area (Å²) in [5.74, 6) is -0.646. The lowest BCUT2D eigenvalue weighted by Crippen LogP contribution is -2.15. The van der Waals surface area contributed by atoms with Crippen LogP contribution in [0.3, 0.4) is 0 Å². The Morgan fingerprint density at radius 3 is 2.47 bits per heavy atom. The van der Waals surface area contributed by atoms with E-state index in [-0.39, 0.29) is 17.5 Å². The molecule has 0 radical (unpaired) electrons. The average molecular weight is 217 g/mol. The van der Waals surface area contributed by atoms with E-state index in [1.165, 1.54) is 19.1 Å². The van der Waals surface area contributed by atoms with Crippen molar-refractivity contribution >= 4 is 5.91 Å². The Bertz CT molecular complexity index is 385. The summed E-state index contributed by atoms with van der Waals surface area (Å²) in [5, 5.41) is 0. The van der Waals surface area contributed by atoms with Crippen molar-refractivity contribution in [1.29, 1.82) is 0 Å². The first-order chi connectivity index (χ1) is 6.80. The van der Waals surface area contributed by atoms with Crippen molar-refractivity contribution in [3.63, 3.8) is 0 Å². The monoisotopic (exact) mass is 217 g/mol. The summed E-state index contributed by atoms with van der Waals surface area (Å²) in [7, 11) is 0. The van der Waals surface area contributed by atoms with Gasteiger partial charge in [0.1, 0.15) is 0 Å². The highest BCUT2D eigenvalue weighted by atomic mass is 19.4. The van der Waals surface area contributed by atoms with Crippen molar-refractivity contribution in [1.82, 2.24) is 0 Å². The van der Waals surface area contributed by atoms with E-state index in [2.05, 4.69) is 0 Å². The molecule has 0 atom stereocenters. The number of primary amides is 1. The van der Waals surface area contributed by atoms with Crippen LogP contribution in [0.25, 0.3) is 0 Å². The zero-order valence-corrected chi connectivity index (χ0v) is 8.06. The van der Waals surface area contributed by atoms with Crippen LogP contribution in [0.4, 0.5) is 13.2 Å². The van der Waals surface area contributed by atoms with Gasteiger partial charge in [-0.3, -0.25) is 4.79 Å². The fourth-order valence-electron chi connectivity index (χ4n) is 1.29. The number of hydrogen-bond acceptors (Lipinski definition) is 1. The Balaban J connectivity index is 3.11. The topological polar surface area (TPSA) is 43.1 Å². The molecule has 0 aliphatic heterocycles. The van der Waals surface area contributed by atoms with Gasteiger partial charge in [-0.1, -0.05) is 12.1 Å². The van der Waals surface area contributed by atoms with Gasteiger partial charge in [0, 0.05) is 0 Å². The van der Waals surface area contributed by atoms with Crippen LogP contribution < -0.4 is 5.73 Å². The highest BCUT2D eigenvalue weighted by Gasteiger charge is 2.32. The van der Waals surface area contributed by atoms with Crippen LogP contribution in [0.15, 0.2) is 18.2 Å². The Hall–Kier alpha value is -1.52. The van der Waals surface area contributed by atoms with Crippen molar-refractivity contribution in [2.24, 2.45) is 5.73 Å². The largest absolute Gasteiger partial charge is 0.416 e. The highest BCUT2D eigenvalue weighted by molar-refractivity contribution is 5.76. The van der Waals surface area contributed by atoms with Crippen molar-refractivity contribution in [2.45, 2.75) is 19.5 Å². The number of carbonyl (C=O) groups is 1. The molecule has 0 saturated carbocycles. The summed E-state index contributed by atoms with van der Waals surface area (Å²) >= 11 is 0. The van der Waals surface area contributed by atoms with Crippen LogP contribution in [0, 0.1) is 6.92 Å². The van der Waals surface area contributed by atoms with Crippen LogP contribution in [-0.2, 0) is 17.4 Å². The molecule has 82 valence electrons. The number of amides is 1.